The SMILES string of the molecule is CCNC(=NCCc1nc(C(C)(C)C)cs1)N1CCC(COCCOC)C1.I. The summed E-state index contributed by atoms with van der Waals surface area (Å²) in [5.74, 6) is 1.59. The van der Waals surface area contributed by atoms with Crippen molar-refractivity contribution in [3.05, 3.63) is 16.1 Å². The van der Waals surface area contributed by atoms with Crippen molar-refractivity contribution in [3.8, 4) is 0 Å². The van der Waals surface area contributed by atoms with Crippen LogP contribution in [0.25, 0.3) is 0 Å². The minimum Gasteiger partial charge on any atom is -0.382 e. The molecule has 0 amide bonds. The first-order chi connectivity index (χ1) is 12.9. The number of aromatic nitrogens is 1. The summed E-state index contributed by atoms with van der Waals surface area (Å²) in [7, 11) is 1.70. The molecule has 0 radical (unpaired) electrons. The van der Waals surface area contributed by atoms with E-state index in [2.05, 4.69) is 43.3 Å². The lowest BCUT2D eigenvalue weighted by atomic mass is 9.93. The van der Waals surface area contributed by atoms with E-state index in [4.69, 9.17) is 19.5 Å². The standard InChI is InChI=1S/C20H36N4O2S.HI/c1-6-21-19(24-10-8-16(13-24)14-26-12-11-25-5)22-9-7-18-23-17(15-27-18)20(2,3)4;/h15-16H,6-14H2,1-5H3,(H,21,22);1H. The number of aliphatic imine (C=N–C) groups is 1. The molecular weight excluding hydrogens is 487 g/mol. The van der Waals surface area contributed by atoms with Crippen LogP contribution in [0.1, 0.15) is 44.8 Å². The van der Waals surface area contributed by atoms with Crippen molar-refractivity contribution >= 4 is 41.3 Å². The molecule has 1 saturated heterocycles. The molecule has 0 saturated carbocycles. The Balaban J connectivity index is 0.00000392. The van der Waals surface area contributed by atoms with Gasteiger partial charge in [0.25, 0.3) is 0 Å². The predicted octanol–water partition coefficient (Wildman–Crippen LogP) is 3.55. The summed E-state index contributed by atoms with van der Waals surface area (Å²) >= 11 is 1.75. The van der Waals surface area contributed by atoms with Gasteiger partial charge in [0.2, 0.25) is 0 Å². The number of nitrogens with one attached hydrogen (secondary N) is 1. The van der Waals surface area contributed by atoms with Crippen molar-refractivity contribution in [2.75, 3.05) is 53.1 Å². The number of halogens is 1. The summed E-state index contributed by atoms with van der Waals surface area (Å²) in [6, 6.07) is 0. The Morgan fingerprint density at radius 2 is 2.18 bits per heavy atom. The average molecular weight is 525 g/mol. The molecule has 1 unspecified atom stereocenters. The molecule has 1 aromatic rings. The quantitative estimate of drug-likeness (QED) is 0.232. The Labute approximate surface area is 191 Å². The van der Waals surface area contributed by atoms with Gasteiger partial charge >= 0.3 is 0 Å². The zero-order valence-corrected chi connectivity index (χ0v) is 21.1. The summed E-state index contributed by atoms with van der Waals surface area (Å²) in [6.07, 6.45) is 2.05. The number of rotatable bonds is 9. The summed E-state index contributed by atoms with van der Waals surface area (Å²) < 4.78 is 10.7. The van der Waals surface area contributed by atoms with Gasteiger partial charge in [-0.05, 0) is 13.3 Å². The number of likely N-dealkylation sites (tertiary alicyclic amines) is 1. The number of thiazole rings is 1. The minimum atomic E-state index is 0. The Hall–Kier alpha value is -0.450. The van der Waals surface area contributed by atoms with Gasteiger partial charge in [0.1, 0.15) is 0 Å². The lowest BCUT2D eigenvalue weighted by Gasteiger charge is -2.21. The van der Waals surface area contributed by atoms with E-state index in [0.29, 0.717) is 19.1 Å². The molecule has 1 atom stereocenters. The summed E-state index contributed by atoms with van der Waals surface area (Å²) in [5, 5.41) is 6.79. The van der Waals surface area contributed by atoms with Crippen LogP contribution in [0.5, 0.6) is 0 Å². The zero-order valence-electron chi connectivity index (χ0n) is 18.0. The number of guanidine groups is 1. The smallest absolute Gasteiger partial charge is 0.193 e. The van der Waals surface area contributed by atoms with Gasteiger partial charge in [0.05, 0.1) is 30.5 Å². The van der Waals surface area contributed by atoms with Gasteiger partial charge in [-0.15, -0.1) is 35.3 Å². The van der Waals surface area contributed by atoms with Gasteiger partial charge < -0.3 is 19.7 Å². The van der Waals surface area contributed by atoms with Crippen LogP contribution in [0.4, 0.5) is 0 Å². The first kappa shape index (κ1) is 25.6. The molecule has 2 rings (SSSR count). The zero-order chi connectivity index (χ0) is 19.7. The predicted molar refractivity (Wildman–Crippen MR) is 128 cm³/mol. The maximum Gasteiger partial charge on any atom is 0.193 e. The Morgan fingerprint density at radius 1 is 1.39 bits per heavy atom. The highest BCUT2D eigenvalue weighted by Gasteiger charge is 2.25. The van der Waals surface area contributed by atoms with E-state index in [1.165, 1.54) is 10.7 Å². The van der Waals surface area contributed by atoms with Gasteiger partial charge in [-0.3, -0.25) is 4.99 Å². The van der Waals surface area contributed by atoms with E-state index in [9.17, 15) is 0 Å². The highest BCUT2D eigenvalue weighted by Crippen LogP contribution is 2.24. The Bertz CT molecular complexity index is 589. The first-order valence-electron chi connectivity index (χ1n) is 9.98. The van der Waals surface area contributed by atoms with Crippen LogP contribution in [-0.2, 0) is 21.3 Å². The van der Waals surface area contributed by atoms with Crippen molar-refractivity contribution < 1.29 is 9.47 Å². The van der Waals surface area contributed by atoms with Crippen LogP contribution >= 0.6 is 35.3 Å². The van der Waals surface area contributed by atoms with Crippen molar-refractivity contribution in [3.63, 3.8) is 0 Å². The highest BCUT2D eigenvalue weighted by atomic mass is 127. The first-order valence-corrected chi connectivity index (χ1v) is 10.9. The third-order valence-corrected chi connectivity index (χ3v) is 5.52. The summed E-state index contributed by atoms with van der Waals surface area (Å²) in [5.41, 5.74) is 1.29. The molecule has 0 aromatic carbocycles. The van der Waals surface area contributed by atoms with Crippen LogP contribution in [-0.4, -0.2) is 69.0 Å². The van der Waals surface area contributed by atoms with Crippen molar-refractivity contribution in [2.45, 2.75) is 46.0 Å². The van der Waals surface area contributed by atoms with E-state index in [0.717, 1.165) is 51.6 Å². The third kappa shape index (κ3) is 8.51. The van der Waals surface area contributed by atoms with Crippen LogP contribution in [0, 0.1) is 5.92 Å². The fourth-order valence-electron chi connectivity index (χ4n) is 3.01. The van der Waals surface area contributed by atoms with Gasteiger partial charge in [0, 0.05) is 56.4 Å². The molecule has 1 aliphatic heterocycles. The molecule has 2 heterocycles. The molecule has 1 aliphatic rings. The van der Waals surface area contributed by atoms with Gasteiger partial charge in [-0.1, -0.05) is 20.8 Å². The monoisotopic (exact) mass is 524 g/mol. The maximum absolute atomic E-state index is 5.70. The Morgan fingerprint density at radius 3 is 2.82 bits per heavy atom. The van der Waals surface area contributed by atoms with Gasteiger partial charge in [0.15, 0.2) is 5.96 Å². The average Bonchev–Trinajstić information content (AvgIpc) is 3.27. The third-order valence-electron chi connectivity index (χ3n) is 4.61. The maximum atomic E-state index is 5.70. The molecule has 6 nitrogen and oxygen atoms in total. The topological polar surface area (TPSA) is 59.0 Å². The molecule has 0 aliphatic carbocycles. The molecule has 0 bridgehead atoms. The molecule has 8 heteroatoms. The summed E-state index contributed by atoms with van der Waals surface area (Å²) in [4.78, 5) is 12.0. The van der Waals surface area contributed by atoms with E-state index < -0.39 is 0 Å². The van der Waals surface area contributed by atoms with Crippen LogP contribution in [0.3, 0.4) is 0 Å². The second kappa shape index (κ2) is 13.0. The molecule has 0 spiro atoms. The number of hydrogen-bond acceptors (Lipinski definition) is 5. The molecule has 162 valence electrons. The molecule has 1 N–H and O–H groups in total. The van der Waals surface area contributed by atoms with E-state index in [-0.39, 0.29) is 29.4 Å². The second-order valence-electron chi connectivity index (χ2n) is 8.03. The fraction of sp³-hybridized carbons (Fsp3) is 0.800. The van der Waals surface area contributed by atoms with E-state index >= 15 is 0 Å². The second-order valence-corrected chi connectivity index (χ2v) is 8.97. The lowest BCUT2D eigenvalue weighted by Crippen LogP contribution is -2.40. The van der Waals surface area contributed by atoms with Crippen LogP contribution in [0.15, 0.2) is 10.4 Å². The number of hydrogen-bond donors (Lipinski definition) is 1. The van der Waals surface area contributed by atoms with Crippen LogP contribution < -0.4 is 5.32 Å². The fourth-order valence-corrected chi connectivity index (χ4v) is 4.02. The highest BCUT2D eigenvalue weighted by molar-refractivity contribution is 14.0. The molecule has 1 fully saturated rings. The molecule has 1 aromatic heterocycles. The van der Waals surface area contributed by atoms with Crippen molar-refractivity contribution in [1.82, 2.24) is 15.2 Å². The minimum absolute atomic E-state index is 0. The summed E-state index contributed by atoms with van der Waals surface area (Å²) in [6.45, 7) is 14.6. The van der Waals surface area contributed by atoms with Crippen molar-refractivity contribution in [2.24, 2.45) is 10.9 Å². The largest absolute Gasteiger partial charge is 0.382 e. The normalized spacial score (nSPS) is 17.7. The Kier molecular flexibility index (Phi) is 11.9. The van der Waals surface area contributed by atoms with Crippen LogP contribution in [0.2, 0.25) is 0 Å². The van der Waals surface area contributed by atoms with E-state index in [1.807, 2.05) is 0 Å². The lowest BCUT2D eigenvalue weighted by molar-refractivity contribution is 0.0536. The molecular formula is C20H37IN4O2S. The number of nitrogens with zero attached hydrogens (tertiary/aromatic N) is 3. The van der Waals surface area contributed by atoms with Gasteiger partial charge in [-0.25, -0.2) is 4.98 Å². The van der Waals surface area contributed by atoms with Crippen molar-refractivity contribution in [1.29, 1.82) is 0 Å². The molecule has 28 heavy (non-hydrogen) atoms. The number of ether oxygens (including phenoxy) is 2. The van der Waals surface area contributed by atoms with E-state index in [1.54, 1.807) is 18.4 Å². The number of methoxy groups -OCH3 is 1. The van der Waals surface area contributed by atoms with Gasteiger partial charge in [-0.2, -0.15) is 0 Å².